The van der Waals surface area contributed by atoms with Crippen LogP contribution >= 0.6 is 0 Å². The Hall–Kier alpha value is -1.12. The van der Waals surface area contributed by atoms with Gasteiger partial charge in [-0.15, -0.1) is 0 Å². The van der Waals surface area contributed by atoms with E-state index >= 15 is 0 Å². The normalized spacial score (nSPS) is 9.64. The monoisotopic (exact) mass is 156 g/mol. The average Bonchev–Trinajstić information content (AvgIpc) is 1.90. The van der Waals surface area contributed by atoms with Gasteiger partial charge in [-0.05, 0) is 13.8 Å². The standard InChI is InChI=1S/C6H10N2O.C2H6/c1-4(2)6(9)8-5(3)7;1-2/h1H2,2-3H3,(H2,7,8,9);1-2H3. The Balaban J connectivity index is 0. The van der Waals surface area contributed by atoms with Crippen LogP contribution in [0.4, 0.5) is 0 Å². The topological polar surface area (TPSA) is 55.5 Å². The molecular formula is C8H16N2O. The molecule has 3 nitrogen and oxygen atoms in total. The summed E-state index contributed by atoms with van der Waals surface area (Å²) in [6.07, 6.45) is 0. The summed E-state index contributed by atoms with van der Waals surface area (Å²) in [7, 11) is 0. The number of nitrogens with zero attached hydrogens (tertiary/aromatic N) is 1. The molecule has 0 spiro atoms. The van der Waals surface area contributed by atoms with Crippen molar-refractivity contribution in [3.8, 4) is 0 Å². The fourth-order valence-electron chi connectivity index (χ4n) is 0.256. The first-order valence-electron chi connectivity index (χ1n) is 3.54. The molecule has 0 unspecified atom stereocenters. The van der Waals surface area contributed by atoms with Crippen molar-refractivity contribution in [2.45, 2.75) is 27.7 Å². The maximum absolute atomic E-state index is 10.6. The average molecular weight is 156 g/mol. The van der Waals surface area contributed by atoms with E-state index in [9.17, 15) is 4.79 Å². The molecule has 0 aliphatic heterocycles. The van der Waals surface area contributed by atoms with Crippen molar-refractivity contribution in [2.24, 2.45) is 10.7 Å². The molecule has 0 rings (SSSR count). The Morgan fingerprint density at radius 1 is 1.36 bits per heavy atom. The lowest BCUT2D eigenvalue weighted by Crippen LogP contribution is -2.09. The van der Waals surface area contributed by atoms with E-state index < -0.39 is 0 Å². The number of carbonyl (C=O) groups excluding carboxylic acids is 1. The molecule has 0 bridgehead atoms. The van der Waals surface area contributed by atoms with Crippen LogP contribution < -0.4 is 5.73 Å². The Morgan fingerprint density at radius 3 is 1.82 bits per heavy atom. The third kappa shape index (κ3) is 8.88. The van der Waals surface area contributed by atoms with Gasteiger partial charge >= 0.3 is 0 Å². The SMILES string of the molecule is C=C(C)C(=O)N=C(C)N.CC. The molecule has 0 aliphatic carbocycles. The summed E-state index contributed by atoms with van der Waals surface area (Å²) in [5.74, 6) is -0.0852. The molecule has 0 aromatic heterocycles. The van der Waals surface area contributed by atoms with Crippen molar-refractivity contribution in [1.29, 1.82) is 0 Å². The zero-order chi connectivity index (χ0) is 9.44. The molecule has 2 N–H and O–H groups in total. The molecule has 3 heteroatoms. The zero-order valence-corrected chi connectivity index (χ0v) is 7.64. The number of aliphatic imine (C=N–C) groups is 1. The molecule has 0 aromatic carbocycles. The minimum absolute atomic E-state index is 0.267. The van der Waals surface area contributed by atoms with Gasteiger partial charge in [-0.2, -0.15) is 4.99 Å². The van der Waals surface area contributed by atoms with Gasteiger partial charge in [-0.25, -0.2) is 0 Å². The molecule has 11 heavy (non-hydrogen) atoms. The maximum atomic E-state index is 10.6. The number of rotatable bonds is 1. The molecule has 1 amide bonds. The molecular weight excluding hydrogens is 140 g/mol. The van der Waals surface area contributed by atoms with Crippen LogP contribution in [0.3, 0.4) is 0 Å². The number of carbonyl (C=O) groups is 1. The Labute approximate surface area is 68.0 Å². The second-order valence-electron chi connectivity index (χ2n) is 1.84. The molecule has 0 saturated heterocycles. The van der Waals surface area contributed by atoms with Crippen LogP contribution in [0.5, 0.6) is 0 Å². The minimum Gasteiger partial charge on any atom is -0.387 e. The summed E-state index contributed by atoms with van der Waals surface area (Å²) >= 11 is 0. The molecule has 0 radical (unpaired) electrons. The lowest BCUT2D eigenvalue weighted by molar-refractivity contribution is -0.114. The fraction of sp³-hybridized carbons (Fsp3) is 0.500. The van der Waals surface area contributed by atoms with Gasteiger partial charge < -0.3 is 5.73 Å². The van der Waals surface area contributed by atoms with Gasteiger partial charge in [0.25, 0.3) is 5.91 Å². The van der Waals surface area contributed by atoms with Crippen molar-refractivity contribution in [2.75, 3.05) is 0 Å². The van der Waals surface area contributed by atoms with Gasteiger partial charge in [0.05, 0.1) is 0 Å². The quantitative estimate of drug-likeness (QED) is 0.355. The zero-order valence-electron chi connectivity index (χ0n) is 7.64. The van der Waals surface area contributed by atoms with E-state index in [-0.39, 0.29) is 11.7 Å². The predicted octanol–water partition coefficient (Wildman–Crippen LogP) is 1.49. The van der Waals surface area contributed by atoms with E-state index in [0.717, 1.165) is 0 Å². The highest BCUT2D eigenvalue weighted by Crippen LogP contribution is 1.89. The highest BCUT2D eigenvalue weighted by Gasteiger charge is 1.96. The summed E-state index contributed by atoms with van der Waals surface area (Å²) < 4.78 is 0. The number of amidine groups is 1. The lowest BCUT2D eigenvalue weighted by atomic mass is 10.3. The summed E-state index contributed by atoms with van der Waals surface area (Å²) in [6.45, 7) is 10.5. The summed E-state index contributed by atoms with van der Waals surface area (Å²) in [5, 5.41) is 0. The van der Waals surface area contributed by atoms with Crippen molar-refractivity contribution >= 4 is 11.7 Å². The summed E-state index contributed by atoms with van der Waals surface area (Å²) in [4.78, 5) is 14.0. The van der Waals surface area contributed by atoms with Crippen LogP contribution in [-0.2, 0) is 4.79 Å². The van der Waals surface area contributed by atoms with E-state index in [1.807, 2.05) is 13.8 Å². The number of amides is 1. The van der Waals surface area contributed by atoms with Gasteiger partial charge in [0, 0.05) is 5.57 Å². The van der Waals surface area contributed by atoms with E-state index in [1.54, 1.807) is 13.8 Å². The second-order valence-corrected chi connectivity index (χ2v) is 1.84. The first-order chi connectivity index (χ1) is 5.04. The molecule has 0 fully saturated rings. The Kier molecular flexibility index (Phi) is 7.98. The second kappa shape index (κ2) is 6.99. The third-order valence-electron chi connectivity index (χ3n) is 0.643. The maximum Gasteiger partial charge on any atom is 0.273 e. The van der Waals surface area contributed by atoms with Crippen molar-refractivity contribution < 1.29 is 4.79 Å². The molecule has 0 aromatic rings. The van der Waals surface area contributed by atoms with Gasteiger partial charge in [0.15, 0.2) is 0 Å². The van der Waals surface area contributed by atoms with E-state index in [2.05, 4.69) is 11.6 Å². The molecule has 64 valence electrons. The first kappa shape index (κ1) is 12.5. The van der Waals surface area contributed by atoms with Crippen LogP contribution in [0.15, 0.2) is 17.1 Å². The van der Waals surface area contributed by atoms with Gasteiger partial charge in [-0.1, -0.05) is 20.4 Å². The first-order valence-corrected chi connectivity index (χ1v) is 3.54. The molecule has 0 aliphatic rings. The number of hydrogen-bond donors (Lipinski definition) is 1. The van der Waals surface area contributed by atoms with Crippen LogP contribution in [-0.4, -0.2) is 11.7 Å². The minimum atomic E-state index is -0.352. The Bertz CT molecular complexity index is 167. The fourth-order valence-corrected chi connectivity index (χ4v) is 0.256. The van der Waals surface area contributed by atoms with Crippen molar-refractivity contribution in [3.63, 3.8) is 0 Å². The van der Waals surface area contributed by atoms with Crippen LogP contribution in [0.25, 0.3) is 0 Å². The van der Waals surface area contributed by atoms with Gasteiger partial charge in [0.2, 0.25) is 0 Å². The smallest absolute Gasteiger partial charge is 0.273 e. The number of hydrogen-bond acceptors (Lipinski definition) is 1. The third-order valence-corrected chi connectivity index (χ3v) is 0.643. The Morgan fingerprint density at radius 2 is 1.73 bits per heavy atom. The lowest BCUT2D eigenvalue weighted by Gasteiger charge is -1.89. The summed E-state index contributed by atoms with van der Waals surface area (Å²) in [6, 6.07) is 0. The molecule has 0 atom stereocenters. The van der Waals surface area contributed by atoms with Crippen LogP contribution in [0.2, 0.25) is 0 Å². The largest absolute Gasteiger partial charge is 0.387 e. The highest BCUT2D eigenvalue weighted by molar-refractivity contribution is 6.00. The highest BCUT2D eigenvalue weighted by atomic mass is 16.1. The van der Waals surface area contributed by atoms with E-state index in [4.69, 9.17) is 5.73 Å². The van der Waals surface area contributed by atoms with Gasteiger partial charge in [0.1, 0.15) is 5.84 Å². The van der Waals surface area contributed by atoms with Crippen molar-refractivity contribution in [3.05, 3.63) is 12.2 Å². The van der Waals surface area contributed by atoms with E-state index in [1.165, 1.54) is 0 Å². The van der Waals surface area contributed by atoms with Gasteiger partial charge in [-0.3, -0.25) is 4.79 Å². The number of nitrogens with two attached hydrogens (primary N) is 1. The van der Waals surface area contributed by atoms with E-state index in [0.29, 0.717) is 5.57 Å². The van der Waals surface area contributed by atoms with Crippen LogP contribution in [0, 0.1) is 0 Å². The van der Waals surface area contributed by atoms with Crippen LogP contribution in [0.1, 0.15) is 27.7 Å². The molecule has 0 saturated carbocycles. The molecule has 0 heterocycles. The summed E-state index contributed by atoms with van der Waals surface area (Å²) in [5.41, 5.74) is 5.52. The predicted molar refractivity (Wildman–Crippen MR) is 48.5 cm³/mol. The van der Waals surface area contributed by atoms with Crippen molar-refractivity contribution in [1.82, 2.24) is 0 Å².